The lowest BCUT2D eigenvalue weighted by Gasteiger charge is -2.24. The minimum Gasteiger partial charge on any atom is -0.354 e. The highest BCUT2D eigenvalue weighted by Crippen LogP contribution is 2.11. The van der Waals surface area contributed by atoms with E-state index in [-0.39, 0.29) is 6.54 Å². The molecular weight excluding hydrogens is 260 g/mol. The summed E-state index contributed by atoms with van der Waals surface area (Å²) in [4.78, 5) is 26.7. The third-order valence-electron chi connectivity index (χ3n) is 2.93. The van der Waals surface area contributed by atoms with Crippen LogP contribution >= 0.6 is 0 Å². The van der Waals surface area contributed by atoms with Crippen LogP contribution in [0.1, 0.15) is 0 Å². The summed E-state index contributed by atoms with van der Waals surface area (Å²) < 4.78 is 10.0. The smallest absolute Gasteiger partial charge is 0.316 e. The van der Waals surface area contributed by atoms with Gasteiger partial charge in [-0.1, -0.05) is 18.2 Å². The number of para-hydroxylation sites is 1. The van der Waals surface area contributed by atoms with Gasteiger partial charge in [0, 0.05) is 34.0 Å². The molecular formula is C14H20N2O4. The predicted molar refractivity (Wildman–Crippen MR) is 75.3 cm³/mol. The van der Waals surface area contributed by atoms with E-state index >= 15 is 0 Å². The van der Waals surface area contributed by atoms with Gasteiger partial charge in [-0.05, 0) is 12.1 Å². The number of rotatable bonds is 5. The second-order valence-corrected chi connectivity index (χ2v) is 4.29. The Morgan fingerprint density at radius 2 is 1.60 bits per heavy atom. The fourth-order valence-electron chi connectivity index (χ4n) is 1.63. The van der Waals surface area contributed by atoms with E-state index in [1.165, 1.54) is 31.1 Å². The molecule has 20 heavy (non-hydrogen) atoms. The number of ether oxygens (including phenoxy) is 2. The molecule has 0 radical (unpaired) electrons. The largest absolute Gasteiger partial charge is 0.354 e. The van der Waals surface area contributed by atoms with Crippen LogP contribution in [0.5, 0.6) is 0 Å². The summed E-state index contributed by atoms with van der Waals surface area (Å²) in [5.74, 6) is -1.22. The van der Waals surface area contributed by atoms with Gasteiger partial charge in [0.2, 0.25) is 0 Å². The molecule has 1 aromatic carbocycles. The summed E-state index contributed by atoms with van der Waals surface area (Å²) in [7, 11) is 6.05. The molecule has 0 atom stereocenters. The highest BCUT2D eigenvalue weighted by atomic mass is 16.7. The predicted octanol–water partition coefficient (Wildman–Crippen LogP) is 0.727. The van der Waals surface area contributed by atoms with Crippen molar-refractivity contribution in [3.8, 4) is 0 Å². The SMILES string of the molecule is COC(CN(C)C(=O)C(=O)N(C)c1ccccc1)OC. The summed E-state index contributed by atoms with van der Waals surface area (Å²) >= 11 is 0. The van der Waals surface area contributed by atoms with Crippen LogP contribution in [0.3, 0.4) is 0 Å². The van der Waals surface area contributed by atoms with E-state index in [0.717, 1.165) is 0 Å². The lowest BCUT2D eigenvalue weighted by Crippen LogP contribution is -2.45. The molecule has 1 rings (SSSR count). The van der Waals surface area contributed by atoms with Crippen LogP contribution in [0.2, 0.25) is 0 Å². The molecule has 0 unspecified atom stereocenters. The fourth-order valence-corrected chi connectivity index (χ4v) is 1.63. The number of benzene rings is 1. The van der Waals surface area contributed by atoms with Crippen molar-refractivity contribution in [1.29, 1.82) is 0 Å². The molecule has 0 aliphatic heterocycles. The minimum absolute atomic E-state index is 0.181. The van der Waals surface area contributed by atoms with Crippen LogP contribution in [0.15, 0.2) is 30.3 Å². The maximum Gasteiger partial charge on any atom is 0.316 e. The number of carbonyl (C=O) groups excluding carboxylic acids is 2. The first kappa shape index (κ1) is 16.1. The fraction of sp³-hybridized carbons (Fsp3) is 0.429. The number of likely N-dealkylation sites (N-methyl/N-ethyl adjacent to an activating group) is 2. The van der Waals surface area contributed by atoms with Crippen molar-refractivity contribution in [1.82, 2.24) is 4.90 Å². The van der Waals surface area contributed by atoms with E-state index in [9.17, 15) is 9.59 Å². The van der Waals surface area contributed by atoms with Crippen molar-refractivity contribution in [2.75, 3.05) is 39.8 Å². The lowest BCUT2D eigenvalue weighted by molar-refractivity contribution is -0.150. The highest BCUT2D eigenvalue weighted by Gasteiger charge is 2.25. The van der Waals surface area contributed by atoms with E-state index in [2.05, 4.69) is 0 Å². The van der Waals surface area contributed by atoms with Gasteiger partial charge >= 0.3 is 11.8 Å². The van der Waals surface area contributed by atoms with Gasteiger partial charge in [-0.25, -0.2) is 0 Å². The molecule has 0 saturated heterocycles. The normalized spacial score (nSPS) is 10.4. The Bertz CT molecular complexity index is 446. The maximum atomic E-state index is 12.1. The molecule has 0 spiro atoms. The molecule has 0 fully saturated rings. The second kappa shape index (κ2) is 7.62. The van der Waals surface area contributed by atoms with Crippen LogP contribution in [-0.2, 0) is 19.1 Å². The third-order valence-corrected chi connectivity index (χ3v) is 2.93. The standard InChI is InChI=1S/C14H20N2O4/c1-15(10-12(19-3)20-4)13(17)14(18)16(2)11-8-6-5-7-9-11/h5-9,12H,10H2,1-4H3. The van der Waals surface area contributed by atoms with E-state index in [1.807, 2.05) is 6.07 Å². The first-order valence-electron chi connectivity index (χ1n) is 6.15. The Kier molecular flexibility index (Phi) is 6.14. The van der Waals surface area contributed by atoms with Gasteiger partial charge < -0.3 is 19.3 Å². The molecule has 0 heterocycles. The van der Waals surface area contributed by atoms with Gasteiger partial charge in [-0.2, -0.15) is 0 Å². The number of hydrogen-bond acceptors (Lipinski definition) is 4. The Hall–Kier alpha value is -1.92. The topological polar surface area (TPSA) is 59.1 Å². The number of carbonyl (C=O) groups is 2. The molecule has 0 aromatic heterocycles. The van der Waals surface area contributed by atoms with Crippen LogP contribution in [0, 0.1) is 0 Å². The number of hydrogen-bond donors (Lipinski definition) is 0. The second-order valence-electron chi connectivity index (χ2n) is 4.29. The van der Waals surface area contributed by atoms with Gasteiger partial charge in [0.15, 0.2) is 6.29 Å². The molecule has 6 heteroatoms. The van der Waals surface area contributed by atoms with Crippen molar-refractivity contribution in [3.63, 3.8) is 0 Å². The summed E-state index contributed by atoms with van der Waals surface area (Å²) in [5.41, 5.74) is 0.661. The summed E-state index contributed by atoms with van der Waals surface area (Å²) in [5, 5.41) is 0. The van der Waals surface area contributed by atoms with Crippen molar-refractivity contribution >= 4 is 17.5 Å². The summed E-state index contributed by atoms with van der Waals surface area (Å²) in [6, 6.07) is 8.98. The average Bonchev–Trinajstić information content (AvgIpc) is 2.50. The van der Waals surface area contributed by atoms with Gasteiger partial charge in [-0.15, -0.1) is 0 Å². The van der Waals surface area contributed by atoms with Gasteiger partial charge in [0.05, 0.1) is 6.54 Å². The number of methoxy groups -OCH3 is 2. The summed E-state index contributed by atoms with van der Waals surface area (Å²) in [6.45, 7) is 0.181. The van der Waals surface area contributed by atoms with Crippen molar-refractivity contribution in [2.24, 2.45) is 0 Å². The minimum atomic E-state index is -0.615. The third kappa shape index (κ3) is 4.04. The molecule has 0 aliphatic rings. The zero-order valence-electron chi connectivity index (χ0n) is 12.2. The monoisotopic (exact) mass is 280 g/mol. The van der Waals surface area contributed by atoms with Crippen molar-refractivity contribution in [3.05, 3.63) is 30.3 Å². The molecule has 0 aliphatic carbocycles. The number of anilines is 1. The van der Waals surface area contributed by atoms with Crippen molar-refractivity contribution in [2.45, 2.75) is 6.29 Å². The Balaban J connectivity index is 2.69. The molecule has 6 nitrogen and oxygen atoms in total. The average molecular weight is 280 g/mol. The Morgan fingerprint density at radius 1 is 1.05 bits per heavy atom. The first-order valence-corrected chi connectivity index (χ1v) is 6.15. The lowest BCUT2D eigenvalue weighted by atomic mass is 10.3. The molecule has 110 valence electrons. The van der Waals surface area contributed by atoms with E-state index < -0.39 is 18.1 Å². The van der Waals surface area contributed by atoms with E-state index in [4.69, 9.17) is 9.47 Å². The maximum absolute atomic E-state index is 12.1. The van der Waals surface area contributed by atoms with Gasteiger partial charge in [0.1, 0.15) is 0 Å². The molecule has 0 saturated carbocycles. The molecule has 2 amide bonds. The molecule has 0 bridgehead atoms. The van der Waals surface area contributed by atoms with Crippen LogP contribution in [0.4, 0.5) is 5.69 Å². The van der Waals surface area contributed by atoms with Gasteiger partial charge in [-0.3, -0.25) is 9.59 Å². The zero-order chi connectivity index (χ0) is 15.1. The zero-order valence-corrected chi connectivity index (χ0v) is 12.2. The highest BCUT2D eigenvalue weighted by molar-refractivity contribution is 6.40. The Labute approximate surface area is 118 Å². The summed E-state index contributed by atoms with van der Waals surface area (Å²) in [6.07, 6.45) is -0.557. The van der Waals surface area contributed by atoms with E-state index in [0.29, 0.717) is 5.69 Å². The first-order chi connectivity index (χ1) is 9.51. The van der Waals surface area contributed by atoms with E-state index in [1.54, 1.807) is 31.3 Å². The molecule has 0 N–H and O–H groups in total. The van der Waals surface area contributed by atoms with Crippen molar-refractivity contribution < 1.29 is 19.1 Å². The quantitative estimate of drug-likeness (QED) is 0.589. The van der Waals surface area contributed by atoms with Crippen LogP contribution in [-0.4, -0.2) is 57.9 Å². The van der Waals surface area contributed by atoms with Crippen LogP contribution in [0.25, 0.3) is 0 Å². The number of nitrogens with zero attached hydrogens (tertiary/aromatic N) is 2. The van der Waals surface area contributed by atoms with Crippen LogP contribution < -0.4 is 4.90 Å². The van der Waals surface area contributed by atoms with Gasteiger partial charge in [0.25, 0.3) is 0 Å². The Morgan fingerprint density at radius 3 is 2.10 bits per heavy atom. The molecule has 1 aromatic rings. The number of amides is 2.